The molecule has 0 aliphatic carbocycles. The number of ketones is 1. The highest BCUT2D eigenvalue weighted by atomic mass is 16.7. The molecule has 0 radical (unpaired) electrons. The van der Waals surface area contributed by atoms with E-state index in [2.05, 4.69) is 6.92 Å². The van der Waals surface area contributed by atoms with Crippen molar-refractivity contribution in [2.75, 3.05) is 21.2 Å². The minimum atomic E-state index is -1.99. The number of nitrogens with zero attached hydrogens (tertiary/aromatic N) is 1. The summed E-state index contributed by atoms with van der Waals surface area (Å²) in [5, 5.41) is 66.1. The Morgan fingerprint density at radius 3 is 1.68 bits per heavy atom. The summed E-state index contributed by atoms with van der Waals surface area (Å²) in [6.45, 7) is 18.6. The number of ether oxygens (including phenoxy) is 6. The van der Waals surface area contributed by atoms with Gasteiger partial charge in [0.2, 0.25) is 0 Å². The second-order valence-corrected chi connectivity index (χ2v) is 23.3. The molecule has 3 aliphatic rings. The molecule has 3 heterocycles. The lowest BCUT2D eigenvalue weighted by atomic mass is 9.74. The lowest BCUT2D eigenvalue weighted by Crippen LogP contribution is -2.61. The molecule has 3 saturated heterocycles. The molecule has 0 aromatic rings. The largest absolute Gasteiger partial charge is 0.481 e. The SMILES string of the molecule is CCC1OC(=O)C(C)C(OC2CC(C)(OC)C(O)C(C)O2)C(C)C(OC2OC(C)CC(N(C)C)C2O)C(C)(O)CC(C)C(=O)C(C)C(O)C1(C)O.CCCCCCCCCCCCCCCCCCCC(=O)O. The average Bonchev–Trinajstić information content (AvgIpc) is 3.33. The molecule has 6 N–H and O–H groups in total. The second kappa shape index (κ2) is 32.8. The first-order valence-electron chi connectivity index (χ1n) is 28.5. The van der Waals surface area contributed by atoms with Crippen LogP contribution in [0.2, 0.25) is 0 Å². The van der Waals surface area contributed by atoms with Gasteiger partial charge in [0.05, 0.1) is 47.6 Å². The van der Waals surface area contributed by atoms with Crippen molar-refractivity contribution in [1.82, 2.24) is 4.90 Å². The molecule has 0 aromatic carbocycles. The number of carboxylic acid groups (broad SMARTS) is 1. The Morgan fingerprint density at radius 1 is 0.712 bits per heavy atom. The van der Waals surface area contributed by atoms with E-state index in [9.17, 15) is 39.9 Å². The zero-order valence-electron chi connectivity index (χ0n) is 48.0. The van der Waals surface area contributed by atoms with Gasteiger partial charge in [-0.05, 0) is 81.3 Å². The van der Waals surface area contributed by atoms with Crippen molar-refractivity contribution in [2.45, 2.75) is 302 Å². The summed E-state index contributed by atoms with van der Waals surface area (Å²) >= 11 is 0. The molecule has 73 heavy (non-hydrogen) atoms. The maximum absolute atomic E-state index is 14.1. The van der Waals surface area contributed by atoms with Crippen LogP contribution in [0.4, 0.5) is 0 Å². The number of aliphatic hydroxyl groups excluding tert-OH is 3. The van der Waals surface area contributed by atoms with Crippen LogP contribution in [0.15, 0.2) is 0 Å². The molecule has 16 nitrogen and oxygen atoms in total. The molecule has 0 aromatic heterocycles. The summed E-state index contributed by atoms with van der Waals surface area (Å²) in [6, 6.07) is -0.324. The molecule has 3 rings (SSSR count). The van der Waals surface area contributed by atoms with Crippen LogP contribution in [-0.2, 0) is 42.8 Å². The molecule has 18 unspecified atom stereocenters. The minimum Gasteiger partial charge on any atom is -0.481 e. The van der Waals surface area contributed by atoms with Gasteiger partial charge in [-0.2, -0.15) is 0 Å². The first-order valence-corrected chi connectivity index (χ1v) is 28.5. The molecular formula is C57H107NO15. The normalized spacial score (nSPS) is 38.1. The van der Waals surface area contributed by atoms with E-state index >= 15 is 0 Å². The van der Waals surface area contributed by atoms with Crippen LogP contribution in [0, 0.1) is 23.7 Å². The topological polar surface area (TPSA) is 231 Å². The number of carbonyl (C=O) groups excluding carboxylic acids is 2. The molecule has 0 spiro atoms. The van der Waals surface area contributed by atoms with Gasteiger partial charge in [-0.15, -0.1) is 0 Å². The lowest BCUT2D eigenvalue weighted by molar-refractivity contribution is -0.318. The summed E-state index contributed by atoms with van der Waals surface area (Å²) in [7, 11) is 5.18. The number of carbonyl (C=O) groups is 3. The molecule has 430 valence electrons. The zero-order chi connectivity index (χ0) is 55.3. The summed E-state index contributed by atoms with van der Waals surface area (Å²) in [5.41, 5.74) is -4.84. The van der Waals surface area contributed by atoms with E-state index < -0.39 is 114 Å². The third-order valence-corrected chi connectivity index (χ3v) is 16.3. The molecule has 3 fully saturated rings. The predicted octanol–water partition coefficient (Wildman–Crippen LogP) is 8.90. The van der Waals surface area contributed by atoms with Gasteiger partial charge in [-0.1, -0.05) is 137 Å². The maximum atomic E-state index is 14.1. The van der Waals surface area contributed by atoms with Crippen LogP contribution in [-0.4, -0.2) is 159 Å². The van der Waals surface area contributed by atoms with Crippen LogP contribution in [0.3, 0.4) is 0 Å². The van der Waals surface area contributed by atoms with Crippen LogP contribution in [0.1, 0.15) is 217 Å². The van der Waals surface area contributed by atoms with Gasteiger partial charge in [0.1, 0.15) is 29.7 Å². The third-order valence-electron chi connectivity index (χ3n) is 16.3. The standard InChI is InChI=1S/C37H67NO13.C20H40O2/c1-14-25-37(10,45)30(41)20(4)27(39)18(2)16-35(8,44)32(51-34-28(40)24(38(11)12)15-19(3)47-34)21(5)29(22(6)33(43)49-25)50-26-17-36(9,46-13)31(42)23(7)48-26;1-2-3-4-5-6-7-8-9-10-11-12-13-14-15-16-17-18-19-20(21)22/h18-26,28-32,34,40-42,44-45H,14-17H2,1-13H3;2-19H2,1H3,(H,21,22). The number of esters is 1. The van der Waals surface area contributed by atoms with Crippen molar-refractivity contribution in [3.63, 3.8) is 0 Å². The Bertz CT molecular complexity index is 1560. The number of carboxylic acids is 1. The van der Waals surface area contributed by atoms with E-state index in [1.54, 1.807) is 41.5 Å². The number of likely N-dealkylation sites (N-methyl/N-ethyl adjacent to an activating group) is 1. The first-order chi connectivity index (χ1) is 34.2. The van der Waals surface area contributed by atoms with Gasteiger partial charge in [-0.3, -0.25) is 14.4 Å². The summed E-state index contributed by atoms with van der Waals surface area (Å²) in [5.74, 6) is -5.63. The highest BCUT2D eigenvalue weighted by molar-refractivity contribution is 5.83. The molecule has 0 amide bonds. The van der Waals surface area contributed by atoms with Crippen LogP contribution < -0.4 is 0 Å². The number of Topliss-reactive ketones (excluding diaryl/α,β-unsaturated/α-hetero) is 1. The van der Waals surface area contributed by atoms with Gasteiger partial charge in [0.25, 0.3) is 0 Å². The number of methoxy groups -OCH3 is 1. The lowest BCUT2D eigenvalue weighted by Gasteiger charge is -2.49. The number of rotatable bonds is 25. The van der Waals surface area contributed by atoms with E-state index in [1.807, 2.05) is 25.9 Å². The van der Waals surface area contributed by atoms with E-state index in [0.29, 0.717) is 12.8 Å². The van der Waals surface area contributed by atoms with Crippen molar-refractivity contribution >= 4 is 17.7 Å². The number of cyclic esters (lactones) is 1. The Hall–Kier alpha value is -1.83. The minimum absolute atomic E-state index is 0.0936. The summed E-state index contributed by atoms with van der Waals surface area (Å²) < 4.78 is 37.1. The number of hydrogen-bond acceptors (Lipinski definition) is 15. The Labute approximate surface area is 441 Å². The number of hydrogen-bond donors (Lipinski definition) is 6. The molecule has 0 saturated carbocycles. The van der Waals surface area contributed by atoms with Gasteiger partial charge < -0.3 is 64.0 Å². The Kier molecular flexibility index (Phi) is 30.2. The van der Waals surface area contributed by atoms with Gasteiger partial charge in [0, 0.05) is 43.7 Å². The number of aliphatic carboxylic acids is 1. The van der Waals surface area contributed by atoms with Crippen LogP contribution in [0.5, 0.6) is 0 Å². The number of aliphatic hydroxyl groups is 5. The molecule has 18 atom stereocenters. The van der Waals surface area contributed by atoms with Crippen molar-refractivity contribution in [3.8, 4) is 0 Å². The van der Waals surface area contributed by atoms with Gasteiger partial charge >= 0.3 is 11.9 Å². The first kappa shape index (κ1) is 67.3. The van der Waals surface area contributed by atoms with E-state index in [-0.39, 0.29) is 31.4 Å². The number of unbranched alkanes of at least 4 members (excludes halogenated alkanes) is 16. The van der Waals surface area contributed by atoms with E-state index in [4.69, 9.17) is 33.5 Å². The summed E-state index contributed by atoms with van der Waals surface area (Å²) in [6.07, 6.45) is 13.4. The van der Waals surface area contributed by atoms with E-state index in [0.717, 1.165) is 12.8 Å². The predicted molar refractivity (Wildman–Crippen MR) is 283 cm³/mol. The van der Waals surface area contributed by atoms with Crippen LogP contribution in [0.25, 0.3) is 0 Å². The smallest absolute Gasteiger partial charge is 0.311 e. The van der Waals surface area contributed by atoms with Gasteiger partial charge in [0.15, 0.2) is 12.6 Å². The molecule has 16 heteroatoms. The molecule has 3 aliphatic heterocycles. The monoisotopic (exact) mass is 1050 g/mol. The molecular weight excluding hydrogens is 939 g/mol. The molecule has 0 bridgehead atoms. The fourth-order valence-corrected chi connectivity index (χ4v) is 11.4. The second-order valence-electron chi connectivity index (χ2n) is 23.3. The van der Waals surface area contributed by atoms with Crippen molar-refractivity contribution in [3.05, 3.63) is 0 Å². The fourth-order valence-electron chi connectivity index (χ4n) is 11.4. The van der Waals surface area contributed by atoms with E-state index in [1.165, 1.54) is 124 Å². The Morgan fingerprint density at radius 2 is 1.22 bits per heavy atom. The maximum Gasteiger partial charge on any atom is 0.311 e. The van der Waals surface area contributed by atoms with Crippen molar-refractivity contribution in [1.29, 1.82) is 0 Å². The van der Waals surface area contributed by atoms with Crippen LogP contribution >= 0.6 is 0 Å². The van der Waals surface area contributed by atoms with Crippen molar-refractivity contribution < 1.29 is 73.4 Å². The van der Waals surface area contributed by atoms with Gasteiger partial charge in [-0.25, -0.2) is 0 Å². The summed E-state index contributed by atoms with van der Waals surface area (Å²) in [4.78, 5) is 40.1. The zero-order valence-corrected chi connectivity index (χ0v) is 48.0. The fraction of sp³-hybridized carbons (Fsp3) is 0.947. The Balaban J connectivity index is 0.000000696. The average molecular weight is 1050 g/mol. The highest BCUT2D eigenvalue weighted by Crippen LogP contribution is 2.41. The quantitative estimate of drug-likeness (QED) is 0.0370. The van der Waals surface area contributed by atoms with Crippen molar-refractivity contribution in [2.24, 2.45) is 23.7 Å². The highest BCUT2D eigenvalue weighted by Gasteiger charge is 2.53. The third kappa shape index (κ3) is 21.1.